The predicted octanol–water partition coefficient (Wildman–Crippen LogP) is 1.61. The molecule has 6 heteroatoms. The summed E-state index contributed by atoms with van der Waals surface area (Å²) < 4.78 is 39.8. The van der Waals surface area contributed by atoms with Crippen LogP contribution in [-0.2, 0) is 9.53 Å². The Hall–Kier alpha value is -1.20. The highest BCUT2D eigenvalue weighted by atomic mass is 19.4. The zero-order valence-electron chi connectivity index (χ0n) is 8.16. The van der Waals surface area contributed by atoms with Crippen LogP contribution in [0.25, 0.3) is 0 Å². The quantitative estimate of drug-likeness (QED) is 0.568. The molecule has 0 saturated carbocycles. The van der Waals surface area contributed by atoms with E-state index >= 15 is 0 Å². The molecular formula is C8H12F3NO2. The number of halogens is 3. The first-order valence-corrected chi connectivity index (χ1v) is 3.84. The van der Waals surface area contributed by atoms with Gasteiger partial charge in [-0.05, 0) is 13.8 Å². The summed E-state index contributed by atoms with van der Waals surface area (Å²) in [5.41, 5.74) is 0.136. The highest BCUT2D eigenvalue weighted by molar-refractivity contribution is 5.93. The van der Waals surface area contributed by atoms with Crippen LogP contribution >= 0.6 is 0 Å². The van der Waals surface area contributed by atoms with Gasteiger partial charge in [-0.1, -0.05) is 0 Å². The second-order valence-electron chi connectivity index (χ2n) is 2.68. The van der Waals surface area contributed by atoms with Crippen molar-refractivity contribution >= 4 is 5.91 Å². The third kappa shape index (κ3) is 4.74. The van der Waals surface area contributed by atoms with Gasteiger partial charge in [-0.2, -0.15) is 13.2 Å². The fraction of sp³-hybridized carbons (Fsp3) is 0.625. The van der Waals surface area contributed by atoms with Crippen LogP contribution in [0, 0.1) is 0 Å². The summed E-state index contributed by atoms with van der Waals surface area (Å²) in [7, 11) is 1.34. The second kappa shape index (κ2) is 4.88. The molecule has 0 aliphatic heterocycles. The van der Waals surface area contributed by atoms with E-state index in [4.69, 9.17) is 4.74 Å². The lowest BCUT2D eigenvalue weighted by Crippen LogP contribution is -2.34. The molecular weight excluding hydrogens is 199 g/mol. The van der Waals surface area contributed by atoms with E-state index < -0.39 is 18.6 Å². The van der Waals surface area contributed by atoms with Crippen LogP contribution in [0.4, 0.5) is 13.2 Å². The normalized spacial score (nSPS) is 13.3. The molecule has 0 aromatic heterocycles. The van der Waals surface area contributed by atoms with Crippen molar-refractivity contribution in [3.8, 4) is 0 Å². The number of nitrogens with one attached hydrogen (secondary N) is 1. The number of carbonyl (C=O) groups excluding carboxylic acids is 1. The van der Waals surface area contributed by atoms with Crippen LogP contribution in [0.2, 0.25) is 0 Å². The van der Waals surface area contributed by atoms with Crippen molar-refractivity contribution < 1.29 is 22.7 Å². The maximum absolute atomic E-state index is 11.7. The molecule has 82 valence electrons. The minimum absolute atomic E-state index is 0.136. The van der Waals surface area contributed by atoms with Gasteiger partial charge in [0.25, 0.3) is 5.91 Å². The zero-order valence-corrected chi connectivity index (χ0v) is 8.16. The van der Waals surface area contributed by atoms with Crippen LogP contribution in [0.3, 0.4) is 0 Å². The number of rotatable bonds is 3. The third-order valence-electron chi connectivity index (χ3n) is 1.62. The van der Waals surface area contributed by atoms with Crippen molar-refractivity contribution in [1.82, 2.24) is 5.32 Å². The van der Waals surface area contributed by atoms with Gasteiger partial charge in [-0.15, -0.1) is 0 Å². The Balaban J connectivity index is 4.24. The maximum Gasteiger partial charge on any atom is 0.405 e. The molecule has 0 rings (SSSR count). The summed E-state index contributed by atoms with van der Waals surface area (Å²) in [6.07, 6.45) is -4.39. The van der Waals surface area contributed by atoms with Gasteiger partial charge in [-0.3, -0.25) is 4.79 Å². The van der Waals surface area contributed by atoms with Crippen LogP contribution in [-0.4, -0.2) is 25.7 Å². The second-order valence-corrected chi connectivity index (χ2v) is 2.68. The van der Waals surface area contributed by atoms with Gasteiger partial charge in [0, 0.05) is 0 Å². The number of amides is 1. The third-order valence-corrected chi connectivity index (χ3v) is 1.62. The van der Waals surface area contributed by atoms with E-state index in [0.717, 1.165) is 0 Å². The molecule has 0 radical (unpaired) electrons. The summed E-state index contributed by atoms with van der Waals surface area (Å²) in [6.45, 7) is 1.56. The average molecular weight is 211 g/mol. The van der Waals surface area contributed by atoms with Gasteiger partial charge in [0.15, 0.2) is 0 Å². The summed E-state index contributed by atoms with van der Waals surface area (Å²) in [6, 6.07) is 0. The Bertz CT molecular complexity index is 245. The van der Waals surface area contributed by atoms with Gasteiger partial charge in [0.05, 0.1) is 12.7 Å². The molecule has 0 aliphatic rings. The van der Waals surface area contributed by atoms with Crippen LogP contribution in [0.5, 0.6) is 0 Å². The Morgan fingerprint density at radius 1 is 1.36 bits per heavy atom. The maximum atomic E-state index is 11.7. The van der Waals surface area contributed by atoms with Gasteiger partial charge in [-0.25, -0.2) is 0 Å². The summed E-state index contributed by atoms with van der Waals surface area (Å²) in [5, 5.41) is 1.74. The Labute approximate surface area is 79.9 Å². The van der Waals surface area contributed by atoms with Crippen molar-refractivity contribution in [3.05, 3.63) is 11.3 Å². The van der Waals surface area contributed by atoms with Crippen LogP contribution in [0.15, 0.2) is 11.3 Å². The molecule has 0 unspecified atom stereocenters. The van der Waals surface area contributed by atoms with E-state index in [1.165, 1.54) is 21.0 Å². The summed E-state index contributed by atoms with van der Waals surface area (Å²) in [4.78, 5) is 11.0. The number of hydrogen-bond donors (Lipinski definition) is 1. The first-order chi connectivity index (χ1) is 6.28. The molecule has 0 aliphatic carbocycles. The van der Waals surface area contributed by atoms with Gasteiger partial charge >= 0.3 is 6.18 Å². The van der Waals surface area contributed by atoms with Crippen molar-refractivity contribution in [2.75, 3.05) is 13.7 Å². The van der Waals surface area contributed by atoms with E-state index in [1.807, 2.05) is 0 Å². The smallest absolute Gasteiger partial charge is 0.405 e. The van der Waals surface area contributed by atoms with Gasteiger partial charge < -0.3 is 10.1 Å². The minimum atomic E-state index is -4.39. The van der Waals surface area contributed by atoms with E-state index in [2.05, 4.69) is 0 Å². The topological polar surface area (TPSA) is 38.3 Å². The van der Waals surface area contributed by atoms with E-state index in [0.29, 0.717) is 5.76 Å². The average Bonchev–Trinajstić information content (AvgIpc) is 2.10. The van der Waals surface area contributed by atoms with Crippen LogP contribution < -0.4 is 5.32 Å². The van der Waals surface area contributed by atoms with E-state index in [9.17, 15) is 18.0 Å². The fourth-order valence-electron chi connectivity index (χ4n) is 0.626. The monoisotopic (exact) mass is 211 g/mol. The number of carbonyl (C=O) groups is 1. The number of allylic oxidation sites excluding steroid dienone is 1. The fourth-order valence-corrected chi connectivity index (χ4v) is 0.626. The molecule has 1 N–H and O–H groups in total. The largest absolute Gasteiger partial charge is 0.501 e. The van der Waals surface area contributed by atoms with Gasteiger partial charge in [0.1, 0.15) is 12.3 Å². The SMILES string of the molecule is CO/C(C)=C(/C)C(=O)NCC(F)(F)F. The van der Waals surface area contributed by atoms with Crippen molar-refractivity contribution in [1.29, 1.82) is 0 Å². The molecule has 0 aromatic rings. The zero-order chi connectivity index (χ0) is 11.4. The Morgan fingerprint density at radius 3 is 2.21 bits per heavy atom. The van der Waals surface area contributed by atoms with E-state index in [1.54, 1.807) is 5.32 Å². The molecule has 1 amide bonds. The Kier molecular flexibility index (Phi) is 4.46. The predicted molar refractivity (Wildman–Crippen MR) is 44.4 cm³/mol. The molecule has 0 fully saturated rings. The lowest BCUT2D eigenvalue weighted by atomic mass is 10.2. The summed E-state index contributed by atoms with van der Waals surface area (Å²) >= 11 is 0. The number of alkyl halides is 3. The number of ether oxygens (including phenoxy) is 1. The lowest BCUT2D eigenvalue weighted by Gasteiger charge is -2.09. The Morgan fingerprint density at radius 2 is 1.86 bits per heavy atom. The van der Waals surface area contributed by atoms with Crippen LogP contribution in [0.1, 0.15) is 13.8 Å². The molecule has 0 heterocycles. The highest BCUT2D eigenvalue weighted by Crippen LogP contribution is 2.13. The molecule has 3 nitrogen and oxygen atoms in total. The molecule has 0 atom stereocenters. The standard InChI is InChI=1S/C8H12F3NO2/c1-5(6(2)14-3)7(13)12-4-8(9,10)11/h4H2,1-3H3,(H,12,13)/b6-5-. The van der Waals surface area contributed by atoms with E-state index in [-0.39, 0.29) is 5.57 Å². The first-order valence-electron chi connectivity index (χ1n) is 3.84. The molecule has 0 bridgehead atoms. The first kappa shape index (κ1) is 12.8. The molecule has 0 aromatic carbocycles. The molecule has 0 saturated heterocycles. The summed E-state index contributed by atoms with van der Waals surface area (Å²) in [5.74, 6) is -0.480. The van der Waals surface area contributed by atoms with Gasteiger partial charge in [0.2, 0.25) is 0 Å². The van der Waals surface area contributed by atoms with Crippen molar-refractivity contribution in [2.45, 2.75) is 20.0 Å². The number of methoxy groups -OCH3 is 1. The number of hydrogen-bond acceptors (Lipinski definition) is 2. The lowest BCUT2D eigenvalue weighted by molar-refractivity contribution is -0.136. The molecule has 14 heavy (non-hydrogen) atoms. The highest BCUT2D eigenvalue weighted by Gasteiger charge is 2.28. The minimum Gasteiger partial charge on any atom is -0.501 e. The van der Waals surface area contributed by atoms with Crippen molar-refractivity contribution in [2.24, 2.45) is 0 Å². The van der Waals surface area contributed by atoms with Crippen molar-refractivity contribution in [3.63, 3.8) is 0 Å². The molecule has 0 spiro atoms.